The number of rotatable bonds is 3. The molecular formula is C14H17N3O3. The fourth-order valence-corrected chi connectivity index (χ4v) is 2.67. The fourth-order valence-electron chi connectivity index (χ4n) is 2.67. The smallest absolute Gasteiger partial charge is 0.251 e. The maximum Gasteiger partial charge on any atom is 0.251 e. The van der Waals surface area contributed by atoms with Gasteiger partial charge in [-0.05, 0) is 23.8 Å². The predicted octanol–water partition coefficient (Wildman–Crippen LogP) is -0.102. The Morgan fingerprint density at radius 1 is 1.40 bits per heavy atom. The van der Waals surface area contributed by atoms with Gasteiger partial charge in [0.05, 0.1) is 18.6 Å². The first-order chi connectivity index (χ1) is 9.67. The lowest BCUT2D eigenvalue weighted by Gasteiger charge is -2.18. The summed E-state index contributed by atoms with van der Waals surface area (Å²) in [6.07, 6.45) is 0.332. The van der Waals surface area contributed by atoms with Crippen LogP contribution >= 0.6 is 0 Å². The molecule has 106 valence electrons. The number of benzene rings is 1. The van der Waals surface area contributed by atoms with Gasteiger partial charge in [0.1, 0.15) is 0 Å². The van der Waals surface area contributed by atoms with Crippen molar-refractivity contribution in [2.24, 2.45) is 0 Å². The molecule has 6 nitrogen and oxygen atoms in total. The number of hydrogen-bond acceptors (Lipinski definition) is 4. The summed E-state index contributed by atoms with van der Waals surface area (Å²) in [5.41, 5.74) is 2.24. The highest BCUT2D eigenvalue weighted by atomic mass is 16.5. The lowest BCUT2D eigenvalue weighted by molar-refractivity contribution is -0.115. The Hall–Kier alpha value is -1.92. The minimum absolute atomic E-state index is 0.00313. The molecule has 2 atom stereocenters. The highest BCUT2D eigenvalue weighted by Crippen LogP contribution is 2.23. The third kappa shape index (κ3) is 2.39. The van der Waals surface area contributed by atoms with Crippen LogP contribution in [0.2, 0.25) is 0 Å². The lowest BCUT2D eigenvalue weighted by Crippen LogP contribution is -2.43. The van der Waals surface area contributed by atoms with E-state index in [-0.39, 0.29) is 24.0 Å². The predicted molar refractivity (Wildman–Crippen MR) is 73.7 cm³/mol. The van der Waals surface area contributed by atoms with Gasteiger partial charge in [-0.25, -0.2) is 0 Å². The van der Waals surface area contributed by atoms with Crippen LogP contribution in [0, 0.1) is 0 Å². The number of carbonyl (C=O) groups excluding carboxylic acids is 2. The van der Waals surface area contributed by atoms with Gasteiger partial charge in [0.25, 0.3) is 5.91 Å². The van der Waals surface area contributed by atoms with E-state index in [0.717, 1.165) is 17.8 Å². The molecule has 3 N–H and O–H groups in total. The summed E-state index contributed by atoms with van der Waals surface area (Å²) >= 11 is 0. The Kier molecular flexibility index (Phi) is 3.42. The number of fused-ring (bicyclic) bond motifs is 1. The summed E-state index contributed by atoms with van der Waals surface area (Å²) in [5.74, 6) is -0.167. The first kappa shape index (κ1) is 13.1. The highest BCUT2D eigenvalue weighted by molar-refractivity contribution is 6.01. The van der Waals surface area contributed by atoms with Crippen molar-refractivity contribution in [3.8, 4) is 0 Å². The van der Waals surface area contributed by atoms with Gasteiger partial charge in [-0.15, -0.1) is 0 Å². The van der Waals surface area contributed by atoms with Gasteiger partial charge in [-0.1, -0.05) is 0 Å². The van der Waals surface area contributed by atoms with Crippen molar-refractivity contribution in [2.75, 3.05) is 25.5 Å². The summed E-state index contributed by atoms with van der Waals surface area (Å²) < 4.78 is 5.32. The summed E-state index contributed by atoms with van der Waals surface area (Å²) in [6.45, 7) is 1.44. The van der Waals surface area contributed by atoms with Crippen LogP contribution in [0.5, 0.6) is 0 Å². The zero-order chi connectivity index (χ0) is 14.1. The Bertz CT molecular complexity index is 559. The number of carbonyl (C=O) groups is 2. The second-order valence-electron chi connectivity index (χ2n) is 5.11. The number of anilines is 1. The fraction of sp³-hybridized carbons (Fsp3) is 0.429. The van der Waals surface area contributed by atoms with Crippen molar-refractivity contribution >= 4 is 17.5 Å². The number of hydrogen-bond donors (Lipinski definition) is 3. The Balaban J connectivity index is 1.72. The second-order valence-corrected chi connectivity index (χ2v) is 5.11. The molecule has 0 radical (unpaired) electrons. The van der Waals surface area contributed by atoms with Crippen LogP contribution in [0.4, 0.5) is 5.69 Å². The van der Waals surface area contributed by atoms with Crippen molar-refractivity contribution in [2.45, 2.75) is 18.6 Å². The molecular weight excluding hydrogens is 258 g/mol. The molecule has 2 aliphatic rings. The molecule has 0 saturated carbocycles. The third-order valence-corrected chi connectivity index (χ3v) is 3.77. The van der Waals surface area contributed by atoms with Crippen LogP contribution in [-0.4, -0.2) is 44.2 Å². The summed E-state index contributed by atoms with van der Waals surface area (Å²) in [7, 11) is 1.64. The van der Waals surface area contributed by atoms with Gasteiger partial charge in [0.2, 0.25) is 5.91 Å². The quantitative estimate of drug-likeness (QED) is 0.719. The SMILES string of the molecule is CO[C@H]1CNCC1NC(=O)c1ccc2c(c1)CC(=O)N2. The van der Waals surface area contributed by atoms with E-state index in [0.29, 0.717) is 18.5 Å². The van der Waals surface area contributed by atoms with E-state index in [1.165, 1.54) is 0 Å². The van der Waals surface area contributed by atoms with E-state index in [4.69, 9.17) is 4.74 Å². The highest BCUT2D eigenvalue weighted by Gasteiger charge is 2.28. The van der Waals surface area contributed by atoms with Crippen molar-refractivity contribution in [3.05, 3.63) is 29.3 Å². The molecule has 20 heavy (non-hydrogen) atoms. The van der Waals surface area contributed by atoms with Gasteiger partial charge < -0.3 is 20.7 Å². The maximum atomic E-state index is 12.2. The molecule has 1 fully saturated rings. The van der Waals surface area contributed by atoms with Gasteiger partial charge >= 0.3 is 0 Å². The maximum absolute atomic E-state index is 12.2. The minimum atomic E-state index is -0.136. The molecule has 0 bridgehead atoms. The number of nitrogens with one attached hydrogen (secondary N) is 3. The molecule has 1 unspecified atom stereocenters. The van der Waals surface area contributed by atoms with Crippen molar-refractivity contribution < 1.29 is 14.3 Å². The summed E-state index contributed by atoms with van der Waals surface area (Å²) in [5, 5.41) is 8.90. The summed E-state index contributed by atoms with van der Waals surface area (Å²) in [4.78, 5) is 23.5. The molecule has 0 aliphatic carbocycles. The van der Waals surface area contributed by atoms with Crippen LogP contribution < -0.4 is 16.0 Å². The third-order valence-electron chi connectivity index (χ3n) is 3.77. The van der Waals surface area contributed by atoms with E-state index in [1.54, 1.807) is 25.3 Å². The molecule has 3 rings (SSSR count). The van der Waals surface area contributed by atoms with E-state index in [9.17, 15) is 9.59 Å². The molecule has 2 heterocycles. The van der Waals surface area contributed by atoms with Crippen LogP contribution in [0.1, 0.15) is 15.9 Å². The normalized spacial score (nSPS) is 24.4. The summed E-state index contributed by atoms with van der Waals surface area (Å²) in [6, 6.07) is 5.24. The van der Waals surface area contributed by atoms with Crippen molar-refractivity contribution in [3.63, 3.8) is 0 Å². The van der Waals surface area contributed by atoms with E-state index >= 15 is 0 Å². The molecule has 1 aromatic carbocycles. The van der Waals surface area contributed by atoms with Gasteiger partial charge in [0.15, 0.2) is 0 Å². The van der Waals surface area contributed by atoms with Crippen LogP contribution in [0.15, 0.2) is 18.2 Å². The Labute approximate surface area is 116 Å². The van der Waals surface area contributed by atoms with Crippen LogP contribution in [0.25, 0.3) is 0 Å². The molecule has 0 spiro atoms. The lowest BCUT2D eigenvalue weighted by atomic mass is 10.1. The second kappa shape index (κ2) is 5.22. The van der Waals surface area contributed by atoms with Crippen LogP contribution in [0.3, 0.4) is 0 Å². The monoisotopic (exact) mass is 275 g/mol. The Morgan fingerprint density at radius 2 is 2.25 bits per heavy atom. The number of methoxy groups -OCH3 is 1. The molecule has 2 amide bonds. The topological polar surface area (TPSA) is 79.5 Å². The van der Waals surface area contributed by atoms with Gasteiger partial charge in [-0.2, -0.15) is 0 Å². The first-order valence-electron chi connectivity index (χ1n) is 6.64. The molecule has 1 saturated heterocycles. The molecule has 1 aromatic rings. The average molecular weight is 275 g/mol. The standard InChI is InChI=1S/C14H17N3O3/c1-20-12-7-15-6-11(12)17-14(19)8-2-3-10-9(4-8)5-13(18)16-10/h2-4,11-12,15H,5-7H2,1H3,(H,16,18)(H,17,19)/t11?,12-/m0/s1. The van der Waals surface area contributed by atoms with Crippen molar-refractivity contribution in [1.29, 1.82) is 0 Å². The van der Waals surface area contributed by atoms with Crippen molar-refractivity contribution in [1.82, 2.24) is 10.6 Å². The zero-order valence-electron chi connectivity index (χ0n) is 11.2. The Morgan fingerprint density at radius 3 is 3.05 bits per heavy atom. The molecule has 2 aliphatic heterocycles. The minimum Gasteiger partial charge on any atom is -0.378 e. The van der Waals surface area contributed by atoms with Gasteiger partial charge in [0, 0.05) is 31.5 Å². The largest absolute Gasteiger partial charge is 0.378 e. The van der Waals surface area contributed by atoms with Gasteiger partial charge in [-0.3, -0.25) is 9.59 Å². The van der Waals surface area contributed by atoms with E-state index < -0.39 is 0 Å². The van der Waals surface area contributed by atoms with Crippen LogP contribution in [-0.2, 0) is 16.0 Å². The van der Waals surface area contributed by atoms with E-state index in [2.05, 4.69) is 16.0 Å². The number of ether oxygens (including phenoxy) is 1. The number of amides is 2. The first-order valence-corrected chi connectivity index (χ1v) is 6.64. The zero-order valence-corrected chi connectivity index (χ0v) is 11.2. The average Bonchev–Trinajstić information content (AvgIpc) is 3.02. The molecule has 6 heteroatoms. The van der Waals surface area contributed by atoms with E-state index in [1.807, 2.05) is 0 Å². The molecule has 0 aromatic heterocycles.